The smallest absolute Gasteiger partial charge is 0.0470 e. The number of hydrogen-bond acceptors (Lipinski definition) is 3. The average Bonchev–Trinajstić information content (AvgIpc) is 3.63. The Labute approximate surface area is 324 Å². The lowest BCUT2D eigenvalue weighted by atomic mass is 9.90. The Morgan fingerprint density at radius 3 is 1.62 bits per heavy atom. The summed E-state index contributed by atoms with van der Waals surface area (Å²) in [6, 6.07) is 72.7. The van der Waals surface area contributed by atoms with Gasteiger partial charge in [0.25, 0.3) is 0 Å². The van der Waals surface area contributed by atoms with E-state index in [4.69, 9.17) is 0 Å². The van der Waals surface area contributed by atoms with Gasteiger partial charge in [0.05, 0.1) is 0 Å². The number of nitrogens with zero attached hydrogens (tertiary/aromatic N) is 1. The van der Waals surface area contributed by atoms with E-state index in [0.717, 1.165) is 22.7 Å². The fourth-order valence-electron chi connectivity index (χ4n) is 8.32. The highest BCUT2D eigenvalue weighted by atomic mass is 32.1. The fourth-order valence-corrected chi connectivity index (χ4v) is 9.57. The van der Waals surface area contributed by atoms with Gasteiger partial charge in [-0.2, -0.15) is 0 Å². The molecule has 0 aliphatic carbocycles. The summed E-state index contributed by atoms with van der Waals surface area (Å²) in [6.07, 6.45) is 0. The van der Waals surface area contributed by atoms with E-state index in [1.54, 1.807) is 0 Å². The molecule has 9 aromatic carbocycles. The molecule has 0 atom stereocenters. The number of hydrogen-bond donors (Lipinski definition) is 1. The molecule has 258 valence electrons. The van der Waals surface area contributed by atoms with Crippen molar-refractivity contribution in [1.29, 1.82) is 0 Å². The molecule has 2 heterocycles. The predicted octanol–water partition coefficient (Wildman–Crippen LogP) is 15.4. The summed E-state index contributed by atoms with van der Waals surface area (Å²) in [7, 11) is 0. The van der Waals surface area contributed by atoms with Gasteiger partial charge in [-0.3, -0.25) is 0 Å². The number of para-hydroxylation sites is 1. The molecule has 1 N–H and O–H groups in total. The first-order chi connectivity index (χ1) is 27.2. The van der Waals surface area contributed by atoms with Gasteiger partial charge in [-0.1, -0.05) is 140 Å². The molecule has 1 aliphatic heterocycles. The van der Waals surface area contributed by atoms with Crippen molar-refractivity contribution in [2.45, 2.75) is 0 Å². The molecule has 11 rings (SSSR count). The first-order valence-corrected chi connectivity index (χ1v) is 19.6. The molecule has 1 aliphatic rings. The lowest BCUT2D eigenvalue weighted by Crippen LogP contribution is -2.10. The Kier molecular flexibility index (Phi) is 7.39. The van der Waals surface area contributed by atoms with Crippen LogP contribution in [0.5, 0.6) is 0 Å². The van der Waals surface area contributed by atoms with E-state index in [-0.39, 0.29) is 0 Å². The molecule has 0 saturated heterocycles. The van der Waals surface area contributed by atoms with Gasteiger partial charge in [0.1, 0.15) is 0 Å². The number of fused-ring (bicyclic) bond motifs is 6. The van der Waals surface area contributed by atoms with E-state index >= 15 is 0 Å². The van der Waals surface area contributed by atoms with Gasteiger partial charge < -0.3 is 10.2 Å². The van der Waals surface area contributed by atoms with Gasteiger partial charge in [0, 0.05) is 64.9 Å². The van der Waals surface area contributed by atoms with Crippen LogP contribution in [0, 0.1) is 0 Å². The van der Waals surface area contributed by atoms with Crippen molar-refractivity contribution < 1.29 is 0 Å². The van der Waals surface area contributed by atoms with Gasteiger partial charge in [0.15, 0.2) is 0 Å². The summed E-state index contributed by atoms with van der Waals surface area (Å²) in [5.41, 5.74) is 15.5. The summed E-state index contributed by atoms with van der Waals surface area (Å²) in [5, 5.41) is 8.93. The topological polar surface area (TPSA) is 15.3 Å². The van der Waals surface area contributed by atoms with Crippen LogP contribution in [0.2, 0.25) is 0 Å². The largest absolute Gasteiger partial charge is 0.354 e. The Morgan fingerprint density at radius 1 is 0.345 bits per heavy atom. The van der Waals surface area contributed by atoms with Crippen molar-refractivity contribution >= 4 is 70.7 Å². The quantitative estimate of drug-likeness (QED) is 0.184. The van der Waals surface area contributed by atoms with Crippen LogP contribution in [0.4, 0.5) is 28.4 Å². The third kappa shape index (κ3) is 5.40. The number of anilines is 5. The second-order valence-electron chi connectivity index (χ2n) is 14.2. The fraction of sp³-hybridized carbons (Fsp3) is 0. The van der Waals surface area contributed by atoms with Gasteiger partial charge in [-0.25, -0.2) is 0 Å². The normalized spacial score (nSPS) is 11.8. The Bertz CT molecular complexity index is 2950. The van der Waals surface area contributed by atoms with E-state index in [0.29, 0.717) is 0 Å². The van der Waals surface area contributed by atoms with Crippen molar-refractivity contribution in [2.75, 3.05) is 10.2 Å². The van der Waals surface area contributed by atoms with Gasteiger partial charge in [-0.15, -0.1) is 11.3 Å². The van der Waals surface area contributed by atoms with E-state index in [2.05, 4.69) is 210 Å². The maximum absolute atomic E-state index is 3.69. The minimum Gasteiger partial charge on any atom is -0.354 e. The third-order valence-electron chi connectivity index (χ3n) is 11.0. The number of thiophene rings is 1. The zero-order valence-corrected chi connectivity index (χ0v) is 30.7. The van der Waals surface area contributed by atoms with Crippen LogP contribution >= 0.6 is 11.3 Å². The first kappa shape index (κ1) is 31.6. The summed E-state index contributed by atoms with van der Waals surface area (Å²) >= 11 is 1.90. The van der Waals surface area contributed by atoms with Crippen molar-refractivity contribution in [3.63, 3.8) is 0 Å². The van der Waals surface area contributed by atoms with E-state index in [9.17, 15) is 0 Å². The summed E-state index contributed by atoms with van der Waals surface area (Å²) in [6.45, 7) is 0. The highest BCUT2D eigenvalue weighted by Crippen LogP contribution is 2.50. The standard InChI is InChI=1S/C52H34N2S/c1-3-11-34(12-4-1)36-21-26-40(27-22-36)54(41-28-23-37(24-29-41)35-13-5-2-6-14-35)42-16-9-15-38(31-42)39-25-30-44-47-33-46-43-17-7-8-19-48(43)53-49-20-10-18-45(51(46)49)52(47)55-50(44)32-39/h1-33,53H. The molecule has 0 amide bonds. The molecule has 2 nitrogen and oxygen atoms in total. The van der Waals surface area contributed by atoms with Crippen LogP contribution in [-0.2, 0) is 0 Å². The molecule has 55 heavy (non-hydrogen) atoms. The molecular weight excluding hydrogens is 685 g/mol. The maximum atomic E-state index is 3.69. The zero-order chi connectivity index (χ0) is 36.3. The monoisotopic (exact) mass is 718 g/mol. The molecule has 0 spiro atoms. The molecule has 0 saturated carbocycles. The maximum Gasteiger partial charge on any atom is 0.0470 e. The van der Waals surface area contributed by atoms with E-state index in [1.165, 1.54) is 81.1 Å². The van der Waals surface area contributed by atoms with Crippen molar-refractivity contribution in [3.05, 3.63) is 200 Å². The molecule has 0 fully saturated rings. The van der Waals surface area contributed by atoms with Crippen LogP contribution in [-0.4, -0.2) is 0 Å². The lowest BCUT2D eigenvalue weighted by Gasteiger charge is -2.26. The molecule has 0 unspecified atom stereocenters. The minimum atomic E-state index is 1.11. The Balaban J connectivity index is 1.02. The van der Waals surface area contributed by atoms with E-state index < -0.39 is 0 Å². The third-order valence-corrected chi connectivity index (χ3v) is 12.2. The van der Waals surface area contributed by atoms with E-state index in [1.807, 2.05) is 11.3 Å². The average molecular weight is 719 g/mol. The Morgan fingerprint density at radius 2 is 0.909 bits per heavy atom. The molecular formula is C52H34N2S. The van der Waals surface area contributed by atoms with Crippen LogP contribution in [0.15, 0.2) is 200 Å². The first-order valence-electron chi connectivity index (χ1n) is 18.8. The molecule has 10 aromatic rings. The second-order valence-corrected chi connectivity index (χ2v) is 15.3. The summed E-state index contributed by atoms with van der Waals surface area (Å²) in [4.78, 5) is 2.36. The molecule has 0 bridgehead atoms. The number of rotatable bonds is 6. The van der Waals surface area contributed by atoms with Crippen LogP contribution in [0.3, 0.4) is 0 Å². The Hall–Kier alpha value is -6.94. The highest BCUT2D eigenvalue weighted by molar-refractivity contribution is 7.26. The van der Waals surface area contributed by atoms with Crippen LogP contribution in [0.25, 0.3) is 75.5 Å². The summed E-state index contributed by atoms with van der Waals surface area (Å²) in [5.74, 6) is 0. The second kappa shape index (κ2) is 12.9. The van der Waals surface area contributed by atoms with Crippen molar-refractivity contribution in [2.24, 2.45) is 0 Å². The van der Waals surface area contributed by atoms with Crippen molar-refractivity contribution in [1.82, 2.24) is 0 Å². The molecule has 0 radical (unpaired) electrons. The molecule has 3 heteroatoms. The van der Waals surface area contributed by atoms with Gasteiger partial charge in [0.2, 0.25) is 0 Å². The van der Waals surface area contributed by atoms with Crippen LogP contribution in [0.1, 0.15) is 0 Å². The number of benzene rings is 9. The minimum absolute atomic E-state index is 1.11. The van der Waals surface area contributed by atoms with Crippen LogP contribution < -0.4 is 10.2 Å². The predicted molar refractivity (Wildman–Crippen MR) is 237 cm³/mol. The zero-order valence-electron chi connectivity index (χ0n) is 29.9. The molecule has 1 aromatic heterocycles. The SMILES string of the molecule is c1ccc(-c2ccc(N(c3ccc(-c4ccccc4)cc3)c3cccc(-c4ccc5c(c4)sc4c6cccc7c6c(cc54)-c4ccccc4N7)c3)cc2)cc1. The van der Waals surface area contributed by atoms with Crippen molar-refractivity contribution in [3.8, 4) is 44.5 Å². The highest BCUT2D eigenvalue weighted by Gasteiger charge is 2.22. The lowest BCUT2D eigenvalue weighted by molar-refractivity contribution is 1.28. The van der Waals surface area contributed by atoms with Gasteiger partial charge >= 0.3 is 0 Å². The summed E-state index contributed by atoms with van der Waals surface area (Å²) < 4.78 is 2.64. The number of nitrogens with one attached hydrogen (secondary N) is 1. The van der Waals surface area contributed by atoms with Gasteiger partial charge in [-0.05, 0) is 99.6 Å².